The number of benzene rings is 1. The van der Waals surface area contributed by atoms with Gasteiger partial charge in [-0.25, -0.2) is 0 Å². The van der Waals surface area contributed by atoms with Gasteiger partial charge in [-0.15, -0.1) is 24.0 Å². The Balaban J connectivity index is 0.00000320. The first kappa shape index (κ1) is 25.0. The molecule has 0 spiro atoms. The van der Waals surface area contributed by atoms with Gasteiger partial charge in [0.15, 0.2) is 17.5 Å². The number of aliphatic imine (C=N–C) groups is 1. The number of halogens is 1. The molecule has 0 amide bonds. The maximum absolute atomic E-state index is 5.55. The average molecular weight is 534 g/mol. The van der Waals surface area contributed by atoms with Crippen molar-refractivity contribution >= 4 is 29.9 Å². The monoisotopic (exact) mass is 534 g/mol. The molecular formula is C21H35IN4O4. The lowest BCUT2D eigenvalue weighted by atomic mass is 9.89. The number of methoxy groups -OCH3 is 2. The normalized spacial score (nSPS) is 19.8. The zero-order valence-electron chi connectivity index (χ0n) is 18.4. The van der Waals surface area contributed by atoms with Gasteiger partial charge in [0.05, 0.1) is 46.7 Å². The van der Waals surface area contributed by atoms with Crippen LogP contribution < -0.4 is 20.1 Å². The Morgan fingerprint density at radius 3 is 2.40 bits per heavy atom. The van der Waals surface area contributed by atoms with E-state index >= 15 is 0 Å². The van der Waals surface area contributed by atoms with Crippen molar-refractivity contribution in [1.29, 1.82) is 0 Å². The lowest BCUT2D eigenvalue weighted by Crippen LogP contribution is -2.52. The van der Waals surface area contributed by atoms with Gasteiger partial charge in [0.25, 0.3) is 0 Å². The predicted molar refractivity (Wildman–Crippen MR) is 128 cm³/mol. The van der Waals surface area contributed by atoms with Gasteiger partial charge in [-0.2, -0.15) is 0 Å². The largest absolute Gasteiger partial charge is 0.493 e. The Labute approximate surface area is 196 Å². The third kappa shape index (κ3) is 6.35. The lowest BCUT2D eigenvalue weighted by molar-refractivity contribution is -0.0971. The van der Waals surface area contributed by atoms with Gasteiger partial charge in [0, 0.05) is 38.6 Å². The summed E-state index contributed by atoms with van der Waals surface area (Å²) < 4.78 is 21.8. The number of ether oxygens (including phenoxy) is 4. The molecule has 1 atom stereocenters. The molecule has 170 valence electrons. The van der Waals surface area contributed by atoms with E-state index in [2.05, 4.69) is 39.6 Å². The third-order valence-electron chi connectivity index (χ3n) is 5.55. The van der Waals surface area contributed by atoms with Crippen LogP contribution in [0.3, 0.4) is 0 Å². The summed E-state index contributed by atoms with van der Waals surface area (Å²) in [6, 6.07) is 6.29. The molecule has 1 aromatic rings. The van der Waals surface area contributed by atoms with Crippen molar-refractivity contribution < 1.29 is 18.9 Å². The zero-order chi connectivity index (χ0) is 20.7. The van der Waals surface area contributed by atoms with E-state index in [0.717, 1.165) is 70.1 Å². The lowest BCUT2D eigenvalue weighted by Gasteiger charge is -2.38. The van der Waals surface area contributed by atoms with Gasteiger partial charge in [0.1, 0.15) is 0 Å². The van der Waals surface area contributed by atoms with Crippen molar-refractivity contribution in [3.63, 3.8) is 0 Å². The summed E-state index contributed by atoms with van der Waals surface area (Å²) in [6.45, 7) is 8.64. The van der Waals surface area contributed by atoms with Crippen LogP contribution in [0, 0.1) is 5.41 Å². The highest BCUT2D eigenvalue weighted by atomic mass is 127. The van der Waals surface area contributed by atoms with E-state index in [0.29, 0.717) is 0 Å². The van der Waals surface area contributed by atoms with E-state index in [1.165, 1.54) is 5.56 Å². The van der Waals surface area contributed by atoms with Crippen LogP contribution in [0.15, 0.2) is 23.2 Å². The van der Waals surface area contributed by atoms with E-state index < -0.39 is 0 Å². The summed E-state index contributed by atoms with van der Waals surface area (Å²) in [4.78, 5) is 6.82. The Morgan fingerprint density at radius 2 is 1.83 bits per heavy atom. The fraction of sp³-hybridized carbons (Fsp3) is 0.667. The molecule has 2 aliphatic heterocycles. The fourth-order valence-electron chi connectivity index (χ4n) is 3.67. The Kier molecular flexibility index (Phi) is 9.92. The van der Waals surface area contributed by atoms with Crippen molar-refractivity contribution in [3.8, 4) is 11.5 Å². The summed E-state index contributed by atoms with van der Waals surface area (Å²) in [7, 11) is 5.12. The fourth-order valence-corrected chi connectivity index (χ4v) is 3.67. The molecule has 2 heterocycles. The zero-order valence-corrected chi connectivity index (χ0v) is 20.7. The predicted octanol–water partition coefficient (Wildman–Crippen LogP) is 1.90. The highest BCUT2D eigenvalue weighted by Crippen LogP contribution is 2.32. The first-order chi connectivity index (χ1) is 14.1. The molecule has 2 aliphatic rings. The SMILES string of the molecule is CN=C(NCC(c1ccc(OC)c(OC)c1)N1CCOCC1)NCC1(C)COC1.I. The molecule has 2 N–H and O–H groups in total. The second-order valence-corrected chi connectivity index (χ2v) is 7.89. The highest BCUT2D eigenvalue weighted by Gasteiger charge is 2.33. The minimum Gasteiger partial charge on any atom is -0.493 e. The molecule has 0 bridgehead atoms. The number of nitrogens with zero attached hydrogens (tertiary/aromatic N) is 2. The van der Waals surface area contributed by atoms with Crippen molar-refractivity contribution in [2.24, 2.45) is 10.4 Å². The maximum Gasteiger partial charge on any atom is 0.191 e. The van der Waals surface area contributed by atoms with Crippen LogP contribution >= 0.6 is 24.0 Å². The molecular weight excluding hydrogens is 499 g/mol. The van der Waals surface area contributed by atoms with Crippen molar-refractivity contribution in [2.75, 3.05) is 73.9 Å². The van der Waals surface area contributed by atoms with E-state index in [4.69, 9.17) is 18.9 Å². The molecule has 2 saturated heterocycles. The average Bonchev–Trinajstić information content (AvgIpc) is 2.75. The topological polar surface area (TPSA) is 76.6 Å². The Hall–Kier alpha value is -1.30. The van der Waals surface area contributed by atoms with E-state index in [-0.39, 0.29) is 35.4 Å². The quantitative estimate of drug-likeness (QED) is 0.300. The van der Waals surface area contributed by atoms with Gasteiger partial charge in [-0.05, 0) is 17.7 Å². The van der Waals surface area contributed by atoms with Gasteiger partial charge in [-0.3, -0.25) is 9.89 Å². The molecule has 0 aromatic heterocycles. The van der Waals surface area contributed by atoms with Crippen molar-refractivity contribution in [1.82, 2.24) is 15.5 Å². The van der Waals surface area contributed by atoms with Crippen LogP contribution in [0.2, 0.25) is 0 Å². The number of morpholine rings is 1. The van der Waals surface area contributed by atoms with Gasteiger partial charge >= 0.3 is 0 Å². The van der Waals surface area contributed by atoms with E-state index in [1.54, 1.807) is 21.3 Å². The number of hydrogen-bond acceptors (Lipinski definition) is 6. The molecule has 1 unspecified atom stereocenters. The summed E-state index contributed by atoms with van der Waals surface area (Å²) in [5.41, 5.74) is 1.36. The van der Waals surface area contributed by atoms with E-state index in [9.17, 15) is 0 Å². The minimum atomic E-state index is 0. The van der Waals surface area contributed by atoms with Crippen LogP contribution in [-0.2, 0) is 9.47 Å². The summed E-state index contributed by atoms with van der Waals surface area (Å²) in [5.74, 6) is 2.28. The molecule has 0 radical (unpaired) electrons. The number of nitrogens with one attached hydrogen (secondary N) is 2. The molecule has 1 aromatic carbocycles. The first-order valence-electron chi connectivity index (χ1n) is 10.1. The summed E-state index contributed by atoms with van der Waals surface area (Å²) in [6.07, 6.45) is 0. The van der Waals surface area contributed by atoms with Crippen LogP contribution in [0.1, 0.15) is 18.5 Å². The van der Waals surface area contributed by atoms with Crippen LogP contribution in [0.5, 0.6) is 11.5 Å². The molecule has 9 heteroatoms. The smallest absolute Gasteiger partial charge is 0.191 e. The van der Waals surface area contributed by atoms with Crippen molar-refractivity contribution in [2.45, 2.75) is 13.0 Å². The molecule has 0 aliphatic carbocycles. The van der Waals surface area contributed by atoms with Gasteiger partial charge < -0.3 is 29.6 Å². The minimum absolute atomic E-state index is 0. The van der Waals surface area contributed by atoms with E-state index in [1.807, 2.05) is 6.07 Å². The Morgan fingerprint density at radius 1 is 1.13 bits per heavy atom. The highest BCUT2D eigenvalue weighted by molar-refractivity contribution is 14.0. The van der Waals surface area contributed by atoms with Crippen molar-refractivity contribution in [3.05, 3.63) is 23.8 Å². The second-order valence-electron chi connectivity index (χ2n) is 7.89. The summed E-state index contributed by atoms with van der Waals surface area (Å²) >= 11 is 0. The van der Waals surface area contributed by atoms with Crippen LogP contribution in [0.4, 0.5) is 0 Å². The molecule has 30 heavy (non-hydrogen) atoms. The molecule has 2 fully saturated rings. The summed E-state index contributed by atoms with van der Waals surface area (Å²) in [5, 5.41) is 6.93. The second kappa shape index (κ2) is 11.9. The molecule has 3 rings (SSSR count). The molecule has 8 nitrogen and oxygen atoms in total. The van der Waals surface area contributed by atoms with Crippen LogP contribution in [-0.4, -0.2) is 84.7 Å². The van der Waals surface area contributed by atoms with Gasteiger partial charge in [0.2, 0.25) is 0 Å². The number of guanidine groups is 1. The number of hydrogen-bond donors (Lipinski definition) is 2. The Bertz CT molecular complexity index is 694. The molecule has 0 saturated carbocycles. The maximum atomic E-state index is 5.55. The third-order valence-corrected chi connectivity index (χ3v) is 5.55. The number of rotatable bonds is 8. The van der Waals surface area contributed by atoms with Crippen LogP contribution in [0.25, 0.3) is 0 Å². The first-order valence-corrected chi connectivity index (χ1v) is 10.1. The standard InChI is InChI=1S/C21H34N4O4.HI/c1-21(14-29-15-21)13-24-20(22-2)23-12-17(25-7-9-28-10-8-25)16-5-6-18(26-3)19(11-16)27-4;/h5-6,11,17H,7-10,12-15H2,1-4H3,(H2,22,23,24);1H. The van der Waals surface area contributed by atoms with Gasteiger partial charge in [-0.1, -0.05) is 13.0 Å².